The third-order valence-corrected chi connectivity index (χ3v) is 1.59. The molecule has 0 fully saturated rings. The minimum Gasteiger partial charge on any atom is -0.300 e. The number of terminal acetylenes is 1. The van der Waals surface area contributed by atoms with Crippen LogP contribution in [0.5, 0.6) is 0 Å². The number of amides is 2. The minimum atomic E-state index is -0.332. The molecule has 0 aromatic carbocycles. The Balaban J connectivity index is 0.000000583. The summed E-state index contributed by atoms with van der Waals surface area (Å²) in [5, 5.41) is 0. The van der Waals surface area contributed by atoms with Gasteiger partial charge in [0, 0.05) is 25.1 Å². The van der Waals surface area contributed by atoms with Gasteiger partial charge < -0.3 is 0 Å². The summed E-state index contributed by atoms with van der Waals surface area (Å²) in [5.41, 5.74) is 0. The number of carbonyl (C=O) groups is 3. The molecule has 0 aromatic rings. The van der Waals surface area contributed by atoms with Gasteiger partial charge in [0.15, 0.2) is 0 Å². The van der Waals surface area contributed by atoms with Crippen LogP contribution in [-0.2, 0) is 14.4 Å². The average Bonchev–Trinajstić information content (AvgIpc) is 2.45. The number of nitrogens with zero attached hydrogens (tertiary/aromatic N) is 1. The molecule has 1 heterocycles. The van der Waals surface area contributed by atoms with Crippen LogP contribution in [0.25, 0.3) is 0 Å². The Morgan fingerprint density at radius 3 is 2.13 bits per heavy atom. The van der Waals surface area contributed by atoms with E-state index in [0.717, 1.165) is 4.90 Å². The normalized spacial score (nSPS) is 13.3. The van der Waals surface area contributed by atoms with Gasteiger partial charge in [-0.2, -0.15) is 0 Å². The molecule has 1 rings (SSSR count). The van der Waals surface area contributed by atoms with E-state index in [-0.39, 0.29) is 30.6 Å². The summed E-state index contributed by atoms with van der Waals surface area (Å²) in [6, 6.07) is 0. The van der Waals surface area contributed by atoms with Gasteiger partial charge in [-0.05, 0) is 13.8 Å². The molecule has 4 nitrogen and oxygen atoms in total. The summed E-state index contributed by atoms with van der Waals surface area (Å²) in [5.74, 6) is 1.56. The number of Topliss-reactive ketones (excluding diaryl/α,β-unsaturated/α-hetero) is 1. The van der Waals surface area contributed by atoms with Gasteiger partial charge in [-0.25, -0.2) is 0 Å². The van der Waals surface area contributed by atoms with Crippen molar-refractivity contribution in [1.82, 2.24) is 4.90 Å². The molecule has 0 aromatic heterocycles. The van der Waals surface area contributed by atoms with Crippen molar-refractivity contribution in [2.75, 3.05) is 6.54 Å². The highest BCUT2D eigenvalue weighted by molar-refractivity contribution is 6.13. The summed E-state index contributed by atoms with van der Waals surface area (Å²) in [6.07, 6.45) is 7.25. The van der Waals surface area contributed by atoms with Crippen LogP contribution in [0.4, 0.5) is 0 Å². The molecule has 4 heteroatoms. The Kier molecular flexibility index (Phi) is 5.72. The van der Waals surface area contributed by atoms with Crippen LogP contribution in [0.15, 0.2) is 12.2 Å². The van der Waals surface area contributed by atoms with Crippen LogP contribution >= 0.6 is 0 Å². The van der Waals surface area contributed by atoms with Gasteiger partial charge in [0.2, 0.25) is 0 Å². The fraction of sp³-hybridized carbons (Fsp3) is 0.364. The van der Waals surface area contributed by atoms with E-state index in [4.69, 9.17) is 0 Å². The molecular formula is C11H13NO3. The molecule has 0 aliphatic carbocycles. The third kappa shape index (κ3) is 4.77. The molecule has 0 saturated heterocycles. The zero-order valence-electron chi connectivity index (χ0n) is 8.82. The average molecular weight is 207 g/mol. The summed E-state index contributed by atoms with van der Waals surface area (Å²) < 4.78 is 0. The van der Waals surface area contributed by atoms with Crippen molar-refractivity contribution in [2.24, 2.45) is 0 Å². The van der Waals surface area contributed by atoms with Crippen LogP contribution in [0.2, 0.25) is 0 Å². The predicted octanol–water partition coefficient (Wildman–Crippen LogP) is 0.530. The first kappa shape index (κ1) is 13.1. The van der Waals surface area contributed by atoms with E-state index in [2.05, 4.69) is 12.3 Å². The maximum absolute atomic E-state index is 10.9. The van der Waals surface area contributed by atoms with Crippen molar-refractivity contribution < 1.29 is 14.4 Å². The van der Waals surface area contributed by atoms with Gasteiger partial charge in [-0.3, -0.25) is 19.3 Å². The molecule has 0 radical (unpaired) electrons. The topological polar surface area (TPSA) is 54.5 Å². The predicted molar refractivity (Wildman–Crippen MR) is 55.7 cm³/mol. The molecule has 0 spiro atoms. The highest BCUT2D eigenvalue weighted by Gasteiger charge is 2.22. The number of rotatable bonds is 3. The fourth-order valence-electron chi connectivity index (χ4n) is 0.921. The number of carbonyl (C=O) groups excluding carboxylic acids is 3. The fourth-order valence-corrected chi connectivity index (χ4v) is 0.921. The molecule has 0 bridgehead atoms. The van der Waals surface area contributed by atoms with Crippen molar-refractivity contribution in [1.29, 1.82) is 0 Å². The largest absolute Gasteiger partial charge is 0.300 e. The lowest BCUT2D eigenvalue weighted by Crippen LogP contribution is -2.31. The summed E-state index contributed by atoms with van der Waals surface area (Å²) in [7, 11) is 0. The molecule has 15 heavy (non-hydrogen) atoms. The van der Waals surface area contributed by atoms with Gasteiger partial charge in [0.05, 0.1) is 0 Å². The second kappa shape index (κ2) is 6.55. The van der Waals surface area contributed by atoms with E-state index in [1.54, 1.807) is 6.92 Å². The van der Waals surface area contributed by atoms with Gasteiger partial charge in [0.25, 0.3) is 11.8 Å². The summed E-state index contributed by atoms with van der Waals surface area (Å²) >= 11 is 0. The lowest BCUT2D eigenvalue weighted by molar-refractivity contribution is -0.137. The second-order valence-corrected chi connectivity index (χ2v) is 2.90. The zero-order valence-corrected chi connectivity index (χ0v) is 8.82. The molecule has 0 N–H and O–H groups in total. The number of ketones is 1. The number of hydrogen-bond acceptors (Lipinski definition) is 3. The lowest BCUT2D eigenvalue weighted by atomic mass is 10.3. The van der Waals surface area contributed by atoms with Crippen LogP contribution in [0.1, 0.15) is 20.3 Å². The maximum Gasteiger partial charge on any atom is 0.253 e. The molecule has 0 unspecified atom stereocenters. The van der Waals surface area contributed by atoms with E-state index in [1.165, 1.54) is 19.1 Å². The third-order valence-electron chi connectivity index (χ3n) is 1.59. The Morgan fingerprint density at radius 2 is 1.80 bits per heavy atom. The van der Waals surface area contributed by atoms with Gasteiger partial charge in [-0.1, -0.05) is 0 Å². The highest BCUT2D eigenvalue weighted by Crippen LogP contribution is 2.03. The number of imide groups is 1. The van der Waals surface area contributed by atoms with Crippen molar-refractivity contribution in [2.45, 2.75) is 20.3 Å². The van der Waals surface area contributed by atoms with Gasteiger partial charge in [0.1, 0.15) is 5.78 Å². The maximum atomic E-state index is 10.9. The van der Waals surface area contributed by atoms with Crippen LogP contribution in [-0.4, -0.2) is 29.0 Å². The lowest BCUT2D eigenvalue weighted by Gasteiger charge is -2.11. The minimum absolute atomic E-state index is 0.0255. The molecular weight excluding hydrogens is 194 g/mol. The highest BCUT2D eigenvalue weighted by atomic mass is 16.2. The van der Waals surface area contributed by atoms with Gasteiger partial charge in [-0.15, -0.1) is 12.3 Å². The van der Waals surface area contributed by atoms with E-state index >= 15 is 0 Å². The number of hydrogen-bond donors (Lipinski definition) is 0. The van der Waals surface area contributed by atoms with E-state index in [9.17, 15) is 14.4 Å². The molecule has 1 aliphatic heterocycles. The van der Waals surface area contributed by atoms with Crippen molar-refractivity contribution in [3.63, 3.8) is 0 Å². The Labute approximate surface area is 88.9 Å². The van der Waals surface area contributed by atoms with Crippen molar-refractivity contribution in [3.8, 4) is 12.3 Å². The standard InChI is InChI=1S/C8H9NO3.C3H4/c1-6(10)4-5-9-7(11)2-3-8(9)12;1-3-2/h2-3H,4-5H2,1H3;1H,2H3. The van der Waals surface area contributed by atoms with Crippen molar-refractivity contribution in [3.05, 3.63) is 12.2 Å². The Bertz CT molecular complexity index is 318. The molecule has 0 atom stereocenters. The van der Waals surface area contributed by atoms with E-state index in [1.807, 2.05) is 0 Å². The summed E-state index contributed by atoms with van der Waals surface area (Å²) in [6.45, 7) is 3.28. The first-order valence-electron chi connectivity index (χ1n) is 4.43. The Morgan fingerprint density at radius 1 is 1.40 bits per heavy atom. The van der Waals surface area contributed by atoms with Crippen LogP contribution in [0.3, 0.4) is 0 Å². The van der Waals surface area contributed by atoms with Crippen molar-refractivity contribution >= 4 is 17.6 Å². The second-order valence-electron chi connectivity index (χ2n) is 2.90. The molecule has 1 aliphatic rings. The smallest absolute Gasteiger partial charge is 0.253 e. The van der Waals surface area contributed by atoms with E-state index in [0.29, 0.717) is 0 Å². The molecule has 2 amide bonds. The SMILES string of the molecule is C#CC.CC(=O)CCN1C(=O)C=CC1=O. The van der Waals surface area contributed by atoms with Crippen LogP contribution in [0, 0.1) is 12.3 Å². The van der Waals surface area contributed by atoms with Gasteiger partial charge >= 0.3 is 0 Å². The quantitative estimate of drug-likeness (QED) is 0.501. The first-order valence-corrected chi connectivity index (χ1v) is 4.43. The van der Waals surface area contributed by atoms with E-state index < -0.39 is 0 Å². The first-order chi connectivity index (χ1) is 7.02. The van der Waals surface area contributed by atoms with Crippen LogP contribution < -0.4 is 0 Å². The monoisotopic (exact) mass is 207 g/mol. The molecule has 80 valence electrons. The zero-order chi connectivity index (χ0) is 11.8. The summed E-state index contributed by atoms with van der Waals surface area (Å²) in [4.78, 5) is 33.4. The molecule has 0 saturated carbocycles. The Hall–Kier alpha value is -1.89.